The van der Waals surface area contributed by atoms with Crippen LogP contribution in [0, 0.1) is 0 Å². The zero-order valence-electron chi connectivity index (χ0n) is 10.7. The Morgan fingerprint density at radius 2 is 1.80 bits per heavy atom. The maximum Gasteiger partial charge on any atom is 0.416 e. The summed E-state index contributed by atoms with van der Waals surface area (Å²) in [4.78, 5) is 4.21. The van der Waals surface area contributed by atoms with Crippen molar-refractivity contribution in [2.45, 2.75) is 29.5 Å². The summed E-state index contributed by atoms with van der Waals surface area (Å²) >= 11 is 8.86. The van der Waals surface area contributed by atoms with E-state index < -0.39 is 11.7 Å². The van der Waals surface area contributed by atoms with Crippen LogP contribution in [0.2, 0.25) is 4.47 Å². The summed E-state index contributed by atoms with van der Waals surface area (Å²) in [6, 6.07) is 4.98. The van der Waals surface area contributed by atoms with Crippen molar-refractivity contribution in [3.63, 3.8) is 0 Å². The lowest BCUT2D eigenvalue weighted by molar-refractivity contribution is -0.137. The third kappa shape index (κ3) is 3.68. The molecule has 0 bridgehead atoms. The second kappa shape index (κ2) is 5.95. The highest BCUT2D eigenvalue weighted by atomic mass is 35.5. The number of aromatic nitrogens is 1. The normalized spacial score (nSPS) is 12.2. The summed E-state index contributed by atoms with van der Waals surface area (Å²) in [6.07, 6.45) is -4.33. The molecule has 2 aromatic rings. The van der Waals surface area contributed by atoms with Gasteiger partial charge in [0.05, 0.1) is 15.5 Å². The molecule has 0 aliphatic carbocycles. The van der Waals surface area contributed by atoms with E-state index >= 15 is 0 Å². The van der Waals surface area contributed by atoms with Gasteiger partial charge in [0.15, 0.2) is 4.47 Å². The topological polar surface area (TPSA) is 12.9 Å². The van der Waals surface area contributed by atoms with Crippen LogP contribution in [0.3, 0.4) is 0 Å². The number of hydrogen-bond acceptors (Lipinski definition) is 3. The Kier molecular flexibility index (Phi) is 4.66. The molecule has 0 N–H and O–H groups in total. The van der Waals surface area contributed by atoms with E-state index in [0.29, 0.717) is 21.0 Å². The lowest BCUT2D eigenvalue weighted by atomic mass is 10.1. The molecule has 1 nitrogen and oxygen atoms in total. The van der Waals surface area contributed by atoms with E-state index in [1.54, 1.807) is 11.8 Å². The van der Waals surface area contributed by atoms with Crippen LogP contribution in [-0.2, 0) is 6.18 Å². The molecule has 1 aromatic heterocycles. The monoisotopic (exact) mass is 337 g/mol. The summed E-state index contributed by atoms with van der Waals surface area (Å²) in [6.45, 7) is 4.07. The van der Waals surface area contributed by atoms with E-state index in [2.05, 4.69) is 4.98 Å². The summed E-state index contributed by atoms with van der Waals surface area (Å²) in [5.41, 5.74) is 0.623. The van der Waals surface area contributed by atoms with Crippen molar-refractivity contribution in [3.8, 4) is 11.3 Å². The average molecular weight is 338 g/mol. The molecule has 0 amide bonds. The lowest BCUT2D eigenvalue weighted by Gasteiger charge is -2.08. The van der Waals surface area contributed by atoms with Crippen LogP contribution in [-0.4, -0.2) is 10.2 Å². The van der Waals surface area contributed by atoms with Gasteiger partial charge in [-0.15, -0.1) is 11.8 Å². The Morgan fingerprint density at radius 3 is 2.30 bits per heavy atom. The molecule has 0 atom stereocenters. The first-order valence-corrected chi connectivity index (χ1v) is 7.85. The first-order chi connectivity index (χ1) is 9.27. The van der Waals surface area contributed by atoms with Gasteiger partial charge in [0.1, 0.15) is 0 Å². The van der Waals surface area contributed by atoms with Crippen molar-refractivity contribution in [1.82, 2.24) is 4.98 Å². The van der Waals surface area contributed by atoms with Crippen LogP contribution in [0.4, 0.5) is 13.2 Å². The molecule has 0 spiro atoms. The van der Waals surface area contributed by atoms with Crippen LogP contribution >= 0.6 is 34.7 Å². The molecule has 0 saturated carbocycles. The Labute approximate surface area is 128 Å². The van der Waals surface area contributed by atoms with E-state index in [1.807, 2.05) is 13.8 Å². The number of thioether (sulfide) groups is 1. The molecule has 0 aliphatic rings. The molecule has 0 aliphatic heterocycles. The van der Waals surface area contributed by atoms with Gasteiger partial charge in [-0.1, -0.05) is 48.9 Å². The Balaban J connectivity index is 2.36. The van der Waals surface area contributed by atoms with E-state index in [4.69, 9.17) is 11.6 Å². The molecular formula is C13H11ClF3NS2. The number of halogens is 4. The molecule has 0 unspecified atom stereocenters. The fraction of sp³-hybridized carbons (Fsp3) is 0.308. The van der Waals surface area contributed by atoms with Gasteiger partial charge in [-0.05, 0) is 12.1 Å². The van der Waals surface area contributed by atoms with Crippen molar-refractivity contribution < 1.29 is 13.2 Å². The van der Waals surface area contributed by atoms with E-state index in [-0.39, 0.29) is 0 Å². The number of alkyl halides is 3. The zero-order chi connectivity index (χ0) is 14.9. The fourth-order valence-electron chi connectivity index (χ4n) is 1.57. The van der Waals surface area contributed by atoms with Gasteiger partial charge in [-0.25, -0.2) is 4.98 Å². The highest BCUT2D eigenvalue weighted by Crippen LogP contribution is 2.40. The van der Waals surface area contributed by atoms with E-state index in [9.17, 15) is 13.2 Å². The number of nitrogens with zero attached hydrogens (tertiary/aromatic N) is 1. The van der Waals surface area contributed by atoms with Crippen molar-refractivity contribution in [3.05, 3.63) is 34.3 Å². The lowest BCUT2D eigenvalue weighted by Crippen LogP contribution is -2.04. The maximum atomic E-state index is 12.5. The van der Waals surface area contributed by atoms with Crippen LogP contribution in [0.15, 0.2) is 28.5 Å². The van der Waals surface area contributed by atoms with Crippen LogP contribution in [0.1, 0.15) is 19.4 Å². The van der Waals surface area contributed by atoms with Crippen molar-refractivity contribution in [1.29, 1.82) is 0 Å². The van der Waals surface area contributed by atoms with Gasteiger partial charge < -0.3 is 0 Å². The standard InChI is InChI=1S/C13H11ClF3NS2/c1-7(2)19-11-10(18-12(14)20-11)8-3-5-9(6-4-8)13(15,16)17/h3-7H,1-2H3. The highest BCUT2D eigenvalue weighted by Gasteiger charge is 2.30. The summed E-state index contributed by atoms with van der Waals surface area (Å²) < 4.78 is 38.9. The zero-order valence-corrected chi connectivity index (χ0v) is 13.1. The quantitative estimate of drug-likeness (QED) is 0.639. The smallest absolute Gasteiger partial charge is 0.224 e. The van der Waals surface area contributed by atoms with E-state index in [0.717, 1.165) is 16.3 Å². The number of thiazole rings is 1. The van der Waals surface area contributed by atoms with Crippen molar-refractivity contribution in [2.24, 2.45) is 0 Å². The largest absolute Gasteiger partial charge is 0.416 e. The molecule has 108 valence electrons. The van der Waals surface area contributed by atoms with Gasteiger partial charge in [0.2, 0.25) is 0 Å². The minimum absolute atomic E-state index is 0.347. The predicted octanol–water partition coefficient (Wildman–Crippen LogP) is 5.98. The fourth-order valence-corrected chi connectivity index (χ4v) is 4.29. The Morgan fingerprint density at radius 1 is 1.20 bits per heavy atom. The van der Waals surface area contributed by atoms with Gasteiger partial charge in [-0.2, -0.15) is 13.2 Å². The average Bonchev–Trinajstić information content (AvgIpc) is 2.68. The third-order valence-electron chi connectivity index (χ3n) is 2.40. The third-order valence-corrected chi connectivity index (χ3v) is 4.77. The van der Waals surface area contributed by atoms with Crippen molar-refractivity contribution in [2.75, 3.05) is 0 Å². The highest BCUT2D eigenvalue weighted by molar-refractivity contribution is 8.01. The molecule has 2 rings (SSSR count). The second-order valence-electron chi connectivity index (χ2n) is 4.34. The Hall–Kier alpha value is -0.720. The van der Waals surface area contributed by atoms with E-state index in [1.165, 1.54) is 23.5 Å². The van der Waals surface area contributed by atoms with Gasteiger partial charge in [-0.3, -0.25) is 0 Å². The predicted molar refractivity (Wildman–Crippen MR) is 78.6 cm³/mol. The number of rotatable bonds is 3. The van der Waals surface area contributed by atoms with Gasteiger partial charge >= 0.3 is 6.18 Å². The summed E-state index contributed by atoms with van der Waals surface area (Å²) in [7, 11) is 0. The summed E-state index contributed by atoms with van der Waals surface area (Å²) in [5, 5.41) is 0.347. The van der Waals surface area contributed by atoms with Gasteiger partial charge in [0.25, 0.3) is 0 Å². The summed E-state index contributed by atoms with van der Waals surface area (Å²) in [5.74, 6) is 0. The van der Waals surface area contributed by atoms with Crippen LogP contribution in [0.5, 0.6) is 0 Å². The molecule has 0 saturated heterocycles. The Bertz CT molecular complexity index is 591. The molecule has 0 radical (unpaired) electrons. The van der Waals surface area contributed by atoms with Crippen molar-refractivity contribution >= 4 is 34.7 Å². The van der Waals surface area contributed by atoms with Crippen LogP contribution < -0.4 is 0 Å². The first-order valence-electron chi connectivity index (χ1n) is 5.78. The number of benzene rings is 1. The SMILES string of the molecule is CC(C)Sc1sc(Cl)nc1-c1ccc(C(F)(F)F)cc1. The maximum absolute atomic E-state index is 12.5. The molecule has 7 heteroatoms. The molecule has 1 aromatic carbocycles. The molecular weight excluding hydrogens is 327 g/mol. The second-order valence-corrected chi connectivity index (χ2v) is 7.77. The number of hydrogen-bond donors (Lipinski definition) is 0. The first kappa shape index (κ1) is 15.7. The molecule has 0 fully saturated rings. The van der Waals surface area contributed by atoms with Gasteiger partial charge in [0, 0.05) is 10.8 Å². The minimum Gasteiger partial charge on any atom is -0.224 e. The molecule has 20 heavy (non-hydrogen) atoms. The molecule has 1 heterocycles. The minimum atomic E-state index is -4.33. The van der Waals surface area contributed by atoms with Crippen LogP contribution in [0.25, 0.3) is 11.3 Å².